The van der Waals surface area contributed by atoms with E-state index in [-0.39, 0.29) is 5.91 Å². The summed E-state index contributed by atoms with van der Waals surface area (Å²) in [4.78, 5) is 25.1. The van der Waals surface area contributed by atoms with Crippen LogP contribution in [0.5, 0.6) is 0 Å². The number of rotatable bonds is 6. The number of aliphatic hydroxyl groups is 1. The van der Waals surface area contributed by atoms with Gasteiger partial charge in [-0.15, -0.1) is 11.3 Å². The molecule has 5 N–H and O–H groups in total. The summed E-state index contributed by atoms with van der Waals surface area (Å²) in [6.45, 7) is 1.89. The quantitative estimate of drug-likeness (QED) is 0.481. The summed E-state index contributed by atoms with van der Waals surface area (Å²) in [6, 6.07) is 7.63. The Morgan fingerprint density at radius 2 is 2.09 bits per heavy atom. The van der Waals surface area contributed by atoms with Gasteiger partial charge in [0.2, 0.25) is 5.91 Å². The van der Waals surface area contributed by atoms with Gasteiger partial charge in [-0.2, -0.15) is 0 Å². The van der Waals surface area contributed by atoms with Crippen molar-refractivity contribution in [2.75, 3.05) is 0 Å². The topological polar surface area (TPSA) is 104 Å². The summed E-state index contributed by atoms with van der Waals surface area (Å²) in [7, 11) is 0. The Kier molecular flexibility index (Phi) is 6.24. The zero-order valence-electron chi connectivity index (χ0n) is 17.5. The number of thiophene rings is 1. The highest BCUT2D eigenvalue weighted by molar-refractivity contribution is 7.21. The Bertz CT molecular complexity index is 1210. The highest BCUT2D eigenvalue weighted by Gasteiger charge is 2.34. The predicted molar refractivity (Wildman–Crippen MR) is 128 cm³/mol. The van der Waals surface area contributed by atoms with Crippen LogP contribution in [0.2, 0.25) is 5.02 Å². The van der Waals surface area contributed by atoms with E-state index in [0.29, 0.717) is 46.0 Å². The smallest absolute Gasteiger partial charge is 0.263 e. The Balaban J connectivity index is 1.54. The minimum absolute atomic E-state index is 0.274. The number of aliphatic hydroxyl groups excluding tert-OH is 1. The molecule has 8 heteroatoms. The average molecular weight is 470 g/mol. The van der Waals surface area contributed by atoms with Crippen molar-refractivity contribution < 1.29 is 14.7 Å². The van der Waals surface area contributed by atoms with E-state index >= 15 is 0 Å². The lowest BCUT2D eigenvalue weighted by atomic mass is 9.88. The average Bonchev–Trinajstić information content (AvgIpc) is 3.12. The number of primary amides is 1. The summed E-state index contributed by atoms with van der Waals surface area (Å²) in [5, 5.41) is 18.2. The normalized spacial score (nSPS) is 21.4. The lowest BCUT2D eigenvalue weighted by Crippen LogP contribution is -2.53. The van der Waals surface area contributed by atoms with Gasteiger partial charge in [0.05, 0.1) is 10.6 Å². The molecule has 2 atom stereocenters. The van der Waals surface area contributed by atoms with Crippen molar-refractivity contribution in [1.29, 1.82) is 0 Å². The number of hydrogen-bond donors (Lipinski definition) is 4. The van der Waals surface area contributed by atoms with E-state index in [1.165, 1.54) is 11.3 Å². The number of amides is 2. The lowest BCUT2D eigenvalue weighted by Gasteiger charge is -2.36. The molecule has 1 aromatic heterocycles. The fraction of sp³-hybridized carbons (Fsp3) is 0.250. The highest BCUT2D eigenvalue weighted by Crippen LogP contribution is 2.36. The monoisotopic (exact) mass is 469 g/mol. The van der Waals surface area contributed by atoms with Crippen LogP contribution in [0.25, 0.3) is 10.1 Å². The molecule has 4 rings (SSSR count). The fourth-order valence-corrected chi connectivity index (χ4v) is 5.31. The van der Waals surface area contributed by atoms with Gasteiger partial charge in [-0.25, -0.2) is 0 Å². The molecular weight excluding hydrogens is 446 g/mol. The number of allylic oxidation sites excluding steroid dienone is 3. The van der Waals surface area contributed by atoms with Crippen LogP contribution in [0, 0.1) is 0 Å². The molecule has 32 heavy (non-hydrogen) atoms. The second-order valence-electron chi connectivity index (χ2n) is 8.06. The molecule has 0 aliphatic heterocycles. The number of carbonyl (C=O) groups is 2. The molecule has 2 amide bonds. The van der Waals surface area contributed by atoms with Crippen LogP contribution in [0.15, 0.2) is 71.5 Å². The third kappa shape index (κ3) is 4.37. The second kappa shape index (κ2) is 8.94. The zero-order valence-corrected chi connectivity index (χ0v) is 19.1. The van der Waals surface area contributed by atoms with E-state index in [1.807, 2.05) is 55.5 Å². The molecule has 6 nitrogen and oxygen atoms in total. The summed E-state index contributed by atoms with van der Waals surface area (Å²) in [5.41, 5.74) is 6.32. The highest BCUT2D eigenvalue weighted by atomic mass is 35.5. The lowest BCUT2D eigenvalue weighted by molar-refractivity contribution is -0.114. The van der Waals surface area contributed by atoms with Gasteiger partial charge in [-0.3, -0.25) is 9.59 Å². The largest absolute Gasteiger partial charge is 0.369 e. The first-order valence-electron chi connectivity index (χ1n) is 10.3. The Morgan fingerprint density at radius 3 is 2.84 bits per heavy atom. The number of halogens is 1. The van der Waals surface area contributed by atoms with E-state index in [4.69, 9.17) is 17.3 Å². The molecule has 0 spiro atoms. The zero-order chi connectivity index (χ0) is 22.9. The van der Waals surface area contributed by atoms with E-state index < -0.39 is 17.7 Å². The fourth-order valence-electron chi connectivity index (χ4n) is 3.90. The molecule has 166 valence electrons. The first-order chi connectivity index (χ1) is 15.3. The molecule has 0 bridgehead atoms. The molecule has 0 radical (unpaired) electrons. The van der Waals surface area contributed by atoms with E-state index in [2.05, 4.69) is 10.6 Å². The summed E-state index contributed by atoms with van der Waals surface area (Å²) in [6.07, 6.45) is 9.80. The van der Waals surface area contributed by atoms with Gasteiger partial charge < -0.3 is 21.5 Å². The molecule has 2 aromatic rings. The summed E-state index contributed by atoms with van der Waals surface area (Å²) in [5.74, 6) is -0.760. The standard InChI is InChI=1S/C24H24ClN3O3S/c1-24(28-23(31)20-19(25)16-9-2-3-10-17(16)32-20)12-5-4-11-18(24)27-22(30)15-8-6-7-14(13-15)21(26)29/h2-5,8-11,13,22,27,30H,6-7,12H2,1H3,(H2,26,29)(H,28,31). The molecule has 2 unspecified atom stereocenters. The van der Waals surface area contributed by atoms with Gasteiger partial charge in [-0.1, -0.05) is 48.0 Å². The molecule has 0 saturated heterocycles. The van der Waals surface area contributed by atoms with E-state index in [9.17, 15) is 14.7 Å². The Hall–Kier alpha value is -2.87. The minimum Gasteiger partial charge on any atom is -0.369 e. The van der Waals surface area contributed by atoms with Gasteiger partial charge in [0.25, 0.3) is 5.91 Å². The van der Waals surface area contributed by atoms with Crippen molar-refractivity contribution in [3.05, 3.63) is 81.4 Å². The number of hydrogen-bond acceptors (Lipinski definition) is 5. The van der Waals surface area contributed by atoms with E-state index in [1.54, 1.807) is 6.08 Å². The summed E-state index contributed by atoms with van der Waals surface area (Å²) < 4.78 is 0.946. The number of carbonyl (C=O) groups excluding carboxylic acids is 2. The van der Waals surface area contributed by atoms with Crippen molar-refractivity contribution in [2.24, 2.45) is 5.73 Å². The molecular formula is C24H24ClN3O3S. The molecule has 0 saturated carbocycles. The molecule has 1 heterocycles. The number of nitrogens with one attached hydrogen (secondary N) is 2. The summed E-state index contributed by atoms with van der Waals surface area (Å²) >= 11 is 7.84. The van der Waals surface area contributed by atoms with Crippen LogP contribution in [0.3, 0.4) is 0 Å². The van der Waals surface area contributed by atoms with Crippen LogP contribution in [-0.4, -0.2) is 28.7 Å². The van der Waals surface area contributed by atoms with E-state index in [0.717, 1.165) is 10.1 Å². The van der Waals surface area contributed by atoms with Crippen LogP contribution in [0.1, 0.15) is 35.9 Å². The molecule has 1 aromatic carbocycles. The molecule has 2 aliphatic carbocycles. The molecule has 2 aliphatic rings. The minimum atomic E-state index is -1.05. The van der Waals surface area contributed by atoms with Crippen LogP contribution in [-0.2, 0) is 4.79 Å². The Morgan fingerprint density at radius 1 is 1.31 bits per heavy atom. The van der Waals surface area contributed by atoms with Gasteiger partial charge in [-0.05, 0) is 50.0 Å². The first-order valence-corrected chi connectivity index (χ1v) is 11.5. The second-order valence-corrected chi connectivity index (χ2v) is 9.49. The first kappa shape index (κ1) is 22.3. The van der Waals surface area contributed by atoms with Crippen molar-refractivity contribution in [1.82, 2.24) is 10.6 Å². The van der Waals surface area contributed by atoms with Gasteiger partial charge in [0.15, 0.2) is 0 Å². The van der Waals surface area contributed by atoms with Crippen LogP contribution < -0.4 is 16.4 Å². The number of fused-ring (bicyclic) bond motifs is 1. The maximum Gasteiger partial charge on any atom is 0.263 e. The van der Waals surface area contributed by atoms with Crippen LogP contribution >= 0.6 is 22.9 Å². The van der Waals surface area contributed by atoms with Crippen molar-refractivity contribution in [3.8, 4) is 0 Å². The van der Waals surface area contributed by atoms with Gasteiger partial charge >= 0.3 is 0 Å². The van der Waals surface area contributed by atoms with Gasteiger partial charge in [0.1, 0.15) is 11.1 Å². The molecule has 0 fully saturated rings. The maximum atomic E-state index is 13.2. The third-order valence-corrected chi connectivity index (χ3v) is 7.38. The SMILES string of the molecule is CC1(NC(=O)c2sc3ccccc3c2Cl)CC=CC=C1NC(O)C1=CCCC(C(N)=O)=C1. The van der Waals surface area contributed by atoms with Crippen molar-refractivity contribution in [2.45, 2.75) is 38.0 Å². The van der Waals surface area contributed by atoms with Crippen LogP contribution in [0.4, 0.5) is 0 Å². The van der Waals surface area contributed by atoms with Crippen molar-refractivity contribution in [3.63, 3.8) is 0 Å². The van der Waals surface area contributed by atoms with Gasteiger partial charge in [0, 0.05) is 21.4 Å². The Labute approximate surface area is 195 Å². The maximum absolute atomic E-state index is 13.2. The number of benzene rings is 1. The predicted octanol–water partition coefficient (Wildman–Crippen LogP) is 3.93. The number of nitrogens with two attached hydrogens (primary N) is 1. The van der Waals surface area contributed by atoms with Crippen molar-refractivity contribution >= 4 is 44.8 Å². The third-order valence-electron chi connectivity index (χ3n) is 5.71.